The van der Waals surface area contributed by atoms with Crippen molar-refractivity contribution in [2.75, 3.05) is 7.05 Å². The third-order valence-electron chi connectivity index (χ3n) is 4.29. The Morgan fingerprint density at radius 2 is 1.74 bits per heavy atom. The van der Waals surface area contributed by atoms with Gasteiger partial charge < -0.3 is 5.32 Å². The highest BCUT2D eigenvalue weighted by Crippen LogP contribution is 2.35. The highest BCUT2D eigenvalue weighted by atomic mass is 32.2. The summed E-state index contributed by atoms with van der Waals surface area (Å²) < 4.78 is 0. The molecule has 1 heterocycles. The number of rotatable bonds is 3. The van der Waals surface area contributed by atoms with E-state index >= 15 is 0 Å². The van der Waals surface area contributed by atoms with Gasteiger partial charge in [-0.05, 0) is 58.6 Å². The molecule has 1 aromatic rings. The van der Waals surface area contributed by atoms with E-state index in [0.29, 0.717) is 11.3 Å². The topological polar surface area (TPSA) is 37.8 Å². The first-order valence-electron chi connectivity index (χ1n) is 7.17. The lowest BCUT2D eigenvalue weighted by Gasteiger charge is -2.33. The Hall–Kier alpha value is -0.610. The molecule has 3 atom stereocenters. The molecule has 1 saturated carbocycles. The molecule has 0 saturated heterocycles. The maximum absolute atomic E-state index is 4.65. The van der Waals surface area contributed by atoms with Gasteiger partial charge in [-0.1, -0.05) is 18.7 Å². The first kappa shape index (κ1) is 14.8. The lowest BCUT2D eigenvalue weighted by atomic mass is 9.87. The summed E-state index contributed by atoms with van der Waals surface area (Å²) in [6.07, 6.45) is 3.85. The van der Waals surface area contributed by atoms with E-state index in [2.05, 4.69) is 50.0 Å². The van der Waals surface area contributed by atoms with Crippen LogP contribution in [0.2, 0.25) is 0 Å². The highest BCUT2D eigenvalue weighted by molar-refractivity contribution is 7.99. The van der Waals surface area contributed by atoms with E-state index in [4.69, 9.17) is 0 Å². The Balaban J connectivity index is 2.14. The summed E-state index contributed by atoms with van der Waals surface area (Å²) in [5.74, 6) is 0.815. The Morgan fingerprint density at radius 3 is 2.32 bits per heavy atom. The van der Waals surface area contributed by atoms with E-state index in [1.54, 1.807) is 0 Å². The molecule has 0 spiro atoms. The summed E-state index contributed by atoms with van der Waals surface area (Å²) in [7, 11) is 2.07. The Morgan fingerprint density at radius 1 is 1.11 bits per heavy atom. The average molecular weight is 279 g/mol. The van der Waals surface area contributed by atoms with Gasteiger partial charge in [-0.25, -0.2) is 9.97 Å². The van der Waals surface area contributed by atoms with Crippen LogP contribution in [0.4, 0.5) is 0 Å². The zero-order valence-electron chi connectivity index (χ0n) is 12.7. The third kappa shape index (κ3) is 3.48. The van der Waals surface area contributed by atoms with E-state index in [9.17, 15) is 0 Å². The van der Waals surface area contributed by atoms with Crippen LogP contribution in [0.1, 0.15) is 43.1 Å². The molecule has 4 heteroatoms. The predicted octanol–water partition coefficient (Wildman–Crippen LogP) is 3.27. The van der Waals surface area contributed by atoms with Crippen LogP contribution in [0, 0.1) is 26.7 Å². The maximum Gasteiger partial charge on any atom is 0.188 e. The number of nitrogens with zero attached hydrogens (tertiary/aromatic N) is 2. The molecule has 19 heavy (non-hydrogen) atoms. The molecule has 1 aromatic heterocycles. The second-order valence-electron chi connectivity index (χ2n) is 5.77. The maximum atomic E-state index is 4.65. The predicted molar refractivity (Wildman–Crippen MR) is 81.8 cm³/mol. The lowest BCUT2D eigenvalue weighted by Crippen LogP contribution is -2.40. The molecule has 2 rings (SSSR count). The molecular weight excluding hydrogens is 254 g/mol. The minimum atomic E-state index is 0.590. The van der Waals surface area contributed by atoms with Crippen molar-refractivity contribution in [3.05, 3.63) is 17.0 Å². The van der Waals surface area contributed by atoms with Gasteiger partial charge in [0.25, 0.3) is 0 Å². The summed E-state index contributed by atoms with van der Waals surface area (Å²) in [6, 6.07) is 0.590. The third-order valence-corrected chi connectivity index (χ3v) is 5.51. The van der Waals surface area contributed by atoms with Crippen LogP contribution in [-0.4, -0.2) is 28.3 Å². The van der Waals surface area contributed by atoms with Crippen LogP contribution in [0.5, 0.6) is 0 Å². The van der Waals surface area contributed by atoms with Crippen molar-refractivity contribution in [2.45, 2.75) is 63.4 Å². The van der Waals surface area contributed by atoms with Crippen molar-refractivity contribution >= 4 is 11.8 Å². The highest BCUT2D eigenvalue weighted by Gasteiger charge is 2.29. The van der Waals surface area contributed by atoms with Crippen LogP contribution < -0.4 is 5.32 Å². The first-order valence-corrected chi connectivity index (χ1v) is 8.05. The van der Waals surface area contributed by atoms with Crippen molar-refractivity contribution in [3.8, 4) is 0 Å². The van der Waals surface area contributed by atoms with Gasteiger partial charge in [0, 0.05) is 22.7 Å². The van der Waals surface area contributed by atoms with Gasteiger partial charge >= 0.3 is 0 Å². The number of hydrogen-bond donors (Lipinski definition) is 1. The first-order chi connectivity index (χ1) is 9.01. The lowest BCUT2D eigenvalue weighted by molar-refractivity contribution is 0.328. The van der Waals surface area contributed by atoms with Gasteiger partial charge in [0.05, 0.1) is 0 Å². The van der Waals surface area contributed by atoms with Crippen LogP contribution in [-0.2, 0) is 0 Å². The quantitative estimate of drug-likeness (QED) is 0.862. The van der Waals surface area contributed by atoms with Gasteiger partial charge in [-0.2, -0.15) is 0 Å². The molecule has 1 N–H and O–H groups in total. The Kier molecular flexibility index (Phi) is 4.85. The summed E-state index contributed by atoms with van der Waals surface area (Å²) in [5, 5.41) is 5.00. The van der Waals surface area contributed by atoms with Gasteiger partial charge in [0.2, 0.25) is 0 Å². The average Bonchev–Trinajstić information content (AvgIpc) is 2.36. The molecule has 0 bridgehead atoms. The summed E-state index contributed by atoms with van der Waals surface area (Å²) >= 11 is 1.85. The minimum absolute atomic E-state index is 0.590. The summed E-state index contributed by atoms with van der Waals surface area (Å²) in [4.78, 5) is 9.29. The molecule has 1 aliphatic carbocycles. The second kappa shape index (κ2) is 6.23. The molecule has 3 nitrogen and oxygen atoms in total. The van der Waals surface area contributed by atoms with E-state index < -0.39 is 0 Å². The van der Waals surface area contributed by atoms with Crippen LogP contribution in [0.25, 0.3) is 0 Å². The second-order valence-corrected chi connectivity index (χ2v) is 6.98. The molecule has 0 aliphatic heterocycles. The number of nitrogens with one attached hydrogen (secondary N) is 1. The molecule has 1 fully saturated rings. The number of aromatic nitrogens is 2. The van der Waals surface area contributed by atoms with Crippen molar-refractivity contribution in [1.82, 2.24) is 15.3 Å². The summed E-state index contributed by atoms with van der Waals surface area (Å²) in [6.45, 7) is 8.60. The van der Waals surface area contributed by atoms with Gasteiger partial charge in [-0.15, -0.1) is 0 Å². The largest absolute Gasteiger partial charge is 0.316 e. The van der Waals surface area contributed by atoms with Crippen molar-refractivity contribution in [1.29, 1.82) is 0 Å². The fraction of sp³-hybridized carbons (Fsp3) is 0.733. The minimum Gasteiger partial charge on any atom is -0.316 e. The normalized spacial score (nSPS) is 27.5. The van der Waals surface area contributed by atoms with Gasteiger partial charge in [-0.3, -0.25) is 0 Å². The fourth-order valence-electron chi connectivity index (χ4n) is 2.72. The van der Waals surface area contributed by atoms with Gasteiger partial charge in [0.15, 0.2) is 5.16 Å². The van der Waals surface area contributed by atoms with Crippen LogP contribution >= 0.6 is 11.8 Å². The van der Waals surface area contributed by atoms with Crippen LogP contribution in [0.15, 0.2) is 5.16 Å². The Labute approximate surface area is 121 Å². The molecule has 3 unspecified atom stereocenters. The van der Waals surface area contributed by atoms with E-state index in [-0.39, 0.29) is 0 Å². The molecule has 0 radical (unpaired) electrons. The number of aryl methyl sites for hydroxylation is 2. The van der Waals surface area contributed by atoms with Gasteiger partial charge in [0.1, 0.15) is 0 Å². The molecule has 0 aromatic carbocycles. The SMILES string of the molecule is CNC1CCC(C)CC1Sc1nc(C)c(C)c(C)n1. The zero-order valence-corrected chi connectivity index (χ0v) is 13.5. The molecular formula is C15H25N3S. The smallest absolute Gasteiger partial charge is 0.188 e. The van der Waals surface area contributed by atoms with E-state index in [0.717, 1.165) is 22.5 Å². The molecule has 0 amide bonds. The monoisotopic (exact) mass is 279 g/mol. The van der Waals surface area contributed by atoms with Crippen molar-refractivity contribution in [3.63, 3.8) is 0 Å². The molecule has 106 valence electrons. The fourth-order valence-corrected chi connectivity index (χ4v) is 4.23. The van der Waals surface area contributed by atoms with Crippen molar-refractivity contribution < 1.29 is 0 Å². The molecule has 1 aliphatic rings. The zero-order chi connectivity index (χ0) is 14.0. The summed E-state index contributed by atoms with van der Waals surface area (Å²) in [5.41, 5.74) is 3.44. The van der Waals surface area contributed by atoms with E-state index in [1.165, 1.54) is 24.8 Å². The van der Waals surface area contributed by atoms with E-state index in [1.807, 2.05) is 11.8 Å². The van der Waals surface area contributed by atoms with Crippen molar-refractivity contribution in [2.24, 2.45) is 5.92 Å². The Bertz CT molecular complexity index is 424. The number of hydrogen-bond acceptors (Lipinski definition) is 4. The number of thioether (sulfide) groups is 1. The standard InChI is InChI=1S/C15H25N3S/c1-9-6-7-13(16-5)14(8-9)19-15-17-11(3)10(2)12(4)18-15/h9,13-14,16H,6-8H2,1-5H3. The van der Waals surface area contributed by atoms with Crippen LogP contribution in [0.3, 0.4) is 0 Å².